The molecule has 0 aromatic heterocycles. The normalized spacial score (nSPS) is 27.1. The maximum absolute atomic E-state index is 5.92. The van der Waals surface area contributed by atoms with E-state index >= 15 is 0 Å². The van der Waals surface area contributed by atoms with Crippen LogP contribution >= 0.6 is 24.0 Å². The van der Waals surface area contributed by atoms with Gasteiger partial charge in [-0.3, -0.25) is 4.99 Å². The zero-order chi connectivity index (χ0) is 17.3. The zero-order valence-electron chi connectivity index (χ0n) is 16.1. The van der Waals surface area contributed by atoms with E-state index < -0.39 is 0 Å². The van der Waals surface area contributed by atoms with Crippen LogP contribution in [-0.2, 0) is 11.3 Å². The predicted octanol–water partition coefficient (Wildman–Crippen LogP) is 3.82. The molecule has 1 N–H and O–H groups in total. The molecular weight excluding hydrogens is 425 g/mol. The van der Waals surface area contributed by atoms with Crippen LogP contribution in [0, 0.1) is 18.3 Å². The molecule has 5 heteroatoms. The van der Waals surface area contributed by atoms with Gasteiger partial charge in [0, 0.05) is 44.1 Å². The van der Waals surface area contributed by atoms with Crippen molar-refractivity contribution in [1.29, 1.82) is 0 Å². The van der Waals surface area contributed by atoms with Crippen LogP contribution < -0.4 is 5.32 Å². The molecule has 1 aliphatic carbocycles. The molecule has 3 rings (SSSR count). The lowest BCUT2D eigenvalue weighted by molar-refractivity contribution is -0.107. The van der Waals surface area contributed by atoms with Gasteiger partial charge in [-0.05, 0) is 31.4 Å². The van der Waals surface area contributed by atoms with Gasteiger partial charge in [0.1, 0.15) is 0 Å². The lowest BCUT2D eigenvalue weighted by atomic mass is 9.57. The van der Waals surface area contributed by atoms with E-state index in [-0.39, 0.29) is 29.4 Å². The van der Waals surface area contributed by atoms with Crippen molar-refractivity contribution in [3.63, 3.8) is 0 Å². The van der Waals surface area contributed by atoms with Gasteiger partial charge in [0.25, 0.3) is 0 Å². The van der Waals surface area contributed by atoms with Gasteiger partial charge >= 0.3 is 0 Å². The van der Waals surface area contributed by atoms with Crippen LogP contribution in [0.3, 0.4) is 0 Å². The summed E-state index contributed by atoms with van der Waals surface area (Å²) in [6.07, 6.45) is 1.56. The van der Waals surface area contributed by atoms with Crippen LogP contribution in [0.1, 0.15) is 38.3 Å². The summed E-state index contributed by atoms with van der Waals surface area (Å²) in [6.45, 7) is 11.4. The minimum atomic E-state index is 0. The lowest BCUT2D eigenvalue weighted by Gasteiger charge is -2.55. The van der Waals surface area contributed by atoms with Crippen molar-refractivity contribution >= 4 is 29.9 Å². The number of rotatable bonds is 4. The number of nitrogens with zero attached hydrogens (tertiary/aromatic N) is 2. The first-order valence-corrected chi connectivity index (χ1v) is 9.13. The minimum absolute atomic E-state index is 0. The molecule has 1 aromatic carbocycles. The Kier molecular flexibility index (Phi) is 6.76. The molecule has 0 amide bonds. The quantitative estimate of drug-likeness (QED) is 0.424. The average molecular weight is 457 g/mol. The first kappa shape index (κ1) is 20.5. The second-order valence-electron chi connectivity index (χ2n) is 7.77. The molecular formula is C20H32IN3O. The molecule has 2 aliphatic rings. The Bertz CT molecular complexity index is 617. The number of fused-ring (bicyclic) bond motifs is 1. The van der Waals surface area contributed by atoms with Gasteiger partial charge in [0.05, 0.1) is 6.10 Å². The number of aliphatic imine (C=N–C) groups is 1. The first-order valence-electron chi connectivity index (χ1n) is 9.13. The van der Waals surface area contributed by atoms with Gasteiger partial charge in [-0.15, -0.1) is 24.0 Å². The largest absolute Gasteiger partial charge is 0.377 e. The van der Waals surface area contributed by atoms with Crippen molar-refractivity contribution < 1.29 is 4.74 Å². The van der Waals surface area contributed by atoms with E-state index in [1.807, 2.05) is 0 Å². The molecule has 1 aliphatic heterocycles. The van der Waals surface area contributed by atoms with E-state index in [2.05, 4.69) is 69.2 Å². The van der Waals surface area contributed by atoms with Crippen LogP contribution in [0.25, 0.3) is 0 Å². The molecule has 3 unspecified atom stereocenters. The predicted molar refractivity (Wildman–Crippen MR) is 115 cm³/mol. The first-order chi connectivity index (χ1) is 11.4. The third-order valence-electron chi connectivity index (χ3n) is 5.72. The molecule has 0 spiro atoms. The number of ether oxygens (including phenoxy) is 1. The second-order valence-corrected chi connectivity index (χ2v) is 7.77. The van der Waals surface area contributed by atoms with E-state index in [1.165, 1.54) is 11.1 Å². The van der Waals surface area contributed by atoms with Gasteiger partial charge in [-0.1, -0.05) is 38.1 Å². The van der Waals surface area contributed by atoms with Gasteiger partial charge in [0.2, 0.25) is 0 Å². The molecule has 2 fully saturated rings. The van der Waals surface area contributed by atoms with Crippen molar-refractivity contribution in [1.82, 2.24) is 10.2 Å². The summed E-state index contributed by atoms with van der Waals surface area (Å²) in [6, 6.07) is 9.01. The van der Waals surface area contributed by atoms with Crippen LogP contribution in [0.4, 0.5) is 0 Å². The van der Waals surface area contributed by atoms with Gasteiger partial charge < -0.3 is 15.0 Å². The average Bonchev–Trinajstić information content (AvgIpc) is 3.00. The molecule has 0 bridgehead atoms. The second kappa shape index (κ2) is 8.25. The Morgan fingerprint density at radius 3 is 2.76 bits per heavy atom. The summed E-state index contributed by atoms with van der Waals surface area (Å²) < 4.78 is 5.92. The highest BCUT2D eigenvalue weighted by Gasteiger charge is 2.59. The van der Waals surface area contributed by atoms with E-state index in [4.69, 9.17) is 9.73 Å². The van der Waals surface area contributed by atoms with Gasteiger partial charge in [-0.2, -0.15) is 0 Å². The van der Waals surface area contributed by atoms with E-state index in [0.29, 0.717) is 18.1 Å². The van der Waals surface area contributed by atoms with Crippen molar-refractivity contribution in [3.8, 4) is 0 Å². The lowest BCUT2D eigenvalue weighted by Crippen LogP contribution is -2.67. The smallest absolute Gasteiger partial charge is 0.194 e. The molecule has 3 atom stereocenters. The molecule has 1 saturated carbocycles. The summed E-state index contributed by atoms with van der Waals surface area (Å²) in [5, 5.41) is 3.75. The van der Waals surface area contributed by atoms with Crippen molar-refractivity contribution in [2.75, 3.05) is 20.2 Å². The maximum atomic E-state index is 5.92. The number of halogens is 1. The number of nitrogens with one attached hydrogen (secondary N) is 1. The number of benzene rings is 1. The summed E-state index contributed by atoms with van der Waals surface area (Å²) in [4.78, 5) is 6.98. The molecule has 4 nitrogen and oxygen atoms in total. The Balaban J connectivity index is 0.00000225. The zero-order valence-corrected chi connectivity index (χ0v) is 18.4. The minimum Gasteiger partial charge on any atom is -0.377 e. The van der Waals surface area contributed by atoms with E-state index in [1.54, 1.807) is 0 Å². The fraction of sp³-hybridized carbons (Fsp3) is 0.650. The monoisotopic (exact) mass is 457 g/mol. The van der Waals surface area contributed by atoms with Crippen molar-refractivity contribution in [2.24, 2.45) is 16.3 Å². The maximum Gasteiger partial charge on any atom is 0.194 e. The molecule has 0 radical (unpaired) electrons. The Hall–Kier alpha value is -0.820. The van der Waals surface area contributed by atoms with Gasteiger partial charge in [-0.25, -0.2) is 0 Å². The van der Waals surface area contributed by atoms with Crippen molar-refractivity contribution in [2.45, 2.75) is 52.8 Å². The number of aryl methyl sites for hydroxylation is 1. The number of hydrogen-bond acceptors (Lipinski definition) is 2. The molecule has 1 heterocycles. The third-order valence-corrected chi connectivity index (χ3v) is 5.72. The van der Waals surface area contributed by atoms with Crippen LogP contribution in [0.15, 0.2) is 29.3 Å². The van der Waals surface area contributed by atoms with Crippen LogP contribution in [0.5, 0.6) is 0 Å². The Labute approximate surface area is 169 Å². The summed E-state index contributed by atoms with van der Waals surface area (Å²) in [7, 11) is 2.13. The van der Waals surface area contributed by atoms with Crippen LogP contribution in [-0.4, -0.2) is 43.2 Å². The van der Waals surface area contributed by atoms with Gasteiger partial charge in [0.15, 0.2) is 5.96 Å². The fourth-order valence-corrected chi connectivity index (χ4v) is 4.30. The summed E-state index contributed by atoms with van der Waals surface area (Å²) >= 11 is 0. The molecule has 1 aromatic rings. The summed E-state index contributed by atoms with van der Waals surface area (Å²) in [5.41, 5.74) is 2.84. The molecule has 25 heavy (non-hydrogen) atoms. The fourth-order valence-electron chi connectivity index (χ4n) is 4.30. The standard InChI is InChI=1S/C20H31N3O.HI/c1-6-21-19(23(5)13-15-10-8-7-9-14(15)2)22-17-16-11-12-24-18(16)20(17,3)4;/h7-10,16-18H,6,11-13H2,1-5H3,(H,21,22);1H. The Morgan fingerprint density at radius 2 is 2.08 bits per heavy atom. The van der Waals surface area contributed by atoms with Crippen molar-refractivity contribution in [3.05, 3.63) is 35.4 Å². The number of hydrogen-bond donors (Lipinski definition) is 1. The topological polar surface area (TPSA) is 36.9 Å². The highest BCUT2D eigenvalue weighted by atomic mass is 127. The third kappa shape index (κ3) is 3.97. The van der Waals surface area contributed by atoms with Crippen LogP contribution in [0.2, 0.25) is 0 Å². The highest BCUT2D eigenvalue weighted by molar-refractivity contribution is 14.0. The molecule has 1 saturated heterocycles. The summed E-state index contributed by atoms with van der Waals surface area (Å²) in [5.74, 6) is 1.62. The number of guanidine groups is 1. The SMILES string of the molecule is CCN=C(NC1C2CCOC2C1(C)C)N(C)Cc1ccccc1C.I. The highest BCUT2D eigenvalue weighted by Crippen LogP contribution is 2.52. The Morgan fingerprint density at radius 1 is 1.36 bits per heavy atom. The van der Waals surface area contributed by atoms with E-state index in [0.717, 1.165) is 32.1 Å². The van der Waals surface area contributed by atoms with E-state index in [9.17, 15) is 0 Å². The molecule has 140 valence electrons.